The first-order chi connectivity index (χ1) is 12.9. The number of aryl methyl sites for hydroxylation is 2. The Morgan fingerprint density at radius 1 is 1.15 bits per heavy atom. The first-order valence-corrected chi connectivity index (χ1v) is 8.41. The van der Waals surface area contributed by atoms with E-state index in [0.29, 0.717) is 21.7 Å². The highest BCUT2D eigenvalue weighted by Crippen LogP contribution is 2.31. The van der Waals surface area contributed by atoms with Crippen molar-refractivity contribution < 1.29 is 18.2 Å². The predicted octanol–water partition coefficient (Wildman–Crippen LogP) is 5.14. The Morgan fingerprint density at radius 3 is 2.63 bits per heavy atom. The fourth-order valence-corrected chi connectivity index (χ4v) is 2.95. The SMILES string of the molecule is Cc1cc2oc(C(=O)Nc3nonc3-c3ccc(F)cc3)c(C)c2cc1Cl. The third-order valence-corrected chi connectivity index (χ3v) is 4.67. The van der Waals surface area contributed by atoms with Crippen LogP contribution in [0.15, 0.2) is 45.4 Å². The minimum absolute atomic E-state index is 0.112. The maximum Gasteiger partial charge on any atom is 0.292 e. The van der Waals surface area contributed by atoms with E-state index >= 15 is 0 Å². The molecule has 1 amide bonds. The van der Waals surface area contributed by atoms with Crippen LogP contribution in [0, 0.1) is 19.7 Å². The number of fused-ring (bicyclic) bond motifs is 1. The Kier molecular flexibility index (Phi) is 4.16. The van der Waals surface area contributed by atoms with E-state index in [2.05, 4.69) is 15.6 Å². The molecule has 136 valence electrons. The minimum atomic E-state index is -0.503. The van der Waals surface area contributed by atoms with Gasteiger partial charge in [-0.1, -0.05) is 11.6 Å². The van der Waals surface area contributed by atoms with Crippen molar-refractivity contribution in [2.24, 2.45) is 0 Å². The van der Waals surface area contributed by atoms with Crippen LogP contribution in [-0.2, 0) is 0 Å². The molecule has 4 rings (SSSR count). The lowest BCUT2D eigenvalue weighted by molar-refractivity contribution is 0.0997. The van der Waals surface area contributed by atoms with Gasteiger partial charge in [0.1, 0.15) is 11.4 Å². The summed E-state index contributed by atoms with van der Waals surface area (Å²) < 4.78 is 23.6. The van der Waals surface area contributed by atoms with Gasteiger partial charge in [-0.05, 0) is 66.1 Å². The van der Waals surface area contributed by atoms with E-state index in [1.807, 2.05) is 6.92 Å². The lowest BCUT2D eigenvalue weighted by atomic mass is 10.1. The topological polar surface area (TPSA) is 81.2 Å². The molecule has 2 aromatic carbocycles. The van der Waals surface area contributed by atoms with Gasteiger partial charge in [-0.15, -0.1) is 0 Å². The number of benzene rings is 2. The number of anilines is 1. The maximum atomic E-state index is 13.1. The molecule has 0 bridgehead atoms. The zero-order chi connectivity index (χ0) is 19.1. The quantitative estimate of drug-likeness (QED) is 0.527. The van der Waals surface area contributed by atoms with Crippen molar-refractivity contribution in [2.45, 2.75) is 13.8 Å². The van der Waals surface area contributed by atoms with Crippen molar-refractivity contribution in [3.8, 4) is 11.3 Å². The number of amides is 1. The van der Waals surface area contributed by atoms with Crippen LogP contribution in [-0.4, -0.2) is 16.2 Å². The van der Waals surface area contributed by atoms with Crippen LogP contribution in [0.5, 0.6) is 0 Å². The largest absolute Gasteiger partial charge is 0.451 e. The molecule has 0 saturated carbocycles. The van der Waals surface area contributed by atoms with E-state index in [1.165, 1.54) is 24.3 Å². The second kappa shape index (κ2) is 6.51. The summed E-state index contributed by atoms with van der Waals surface area (Å²) in [5.41, 5.74) is 2.91. The fourth-order valence-electron chi connectivity index (χ4n) is 2.79. The Labute approximate surface area is 157 Å². The number of hydrogen-bond donors (Lipinski definition) is 1. The van der Waals surface area contributed by atoms with Gasteiger partial charge in [0, 0.05) is 21.5 Å². The number of furan rings is 1. The molecule has 1 N–H and O–H groups in total. The number of aromatic nitrogens is 2. The number of halogens is 2. The Bertz CT molecular complexity index is 1170. The van der Waals surface area contributed by atoms with Crippen LogP contribution in [0.4, 0.5) is 10.2 Å². The average Bonchev–Trinajstić information content (AvgIpc) is 3.22. The van der Waals surface area contributed by atoms with Crippen LogP contribution < -0.4 is 5.32 Å². The van der Waals surface area contributed by atoms with Gasteiger partial charge in [0.05, 0.1) is 0 Å². The van der Waals surface area contributed by atoms with Crippen molar-refractivity contribution in [1.82, 2.24) is 10.3 Å². The van der Waals surface area contributed by atoms with E-state index in [1.54, 1.807) is 19.1 Å². The summed E-state index contributed by atoms with van der Waals surface area (Å²) in [6.45, 7) is 3.63. The second-order valence-corrected chi connectivity index (χ2v) is 6.48. The van der Waals surface area contributed by atoms with Gasteiger partial charge in [-0.2, -0.15) is 0 Å². The third-order valence-electron chi connectivity index (χ3n) is 4.26. The molecule has 0 aliphatic heterocycles. The first kappa shape index (κ1) is 17.2. The van der Waals surface area contributed by atoms with Gasteiger partial charge in [-0.3, -0.25) is 10.1 Å². The summed E-state index contributed by atoms with van der Waals surface area (Å²) in [4.78, 5) is 12.7. The van der Waals surface area contributed by atoms with Crippen molar-refractivity contribution in [3.63, 3.8) is 0 Å². The smallest absolute Gasteiger partial charge is 0.292 e. The van der Waals surface area contributed by atoms with Crippen molar-refractivity contribution in [2.75, 3.05) is 5.32 Å². The zero-order valence-corrected chi connectivity index (χ0v) is 15.1. The van der Waals surface area contributed by atoms with Gasteiger partial charge >= 0.3 is 0 Å². The van der Waals surface area contributed by atoms with Crippen LogP contribution >= 0.6 is 11.6 Å². The summed E-state index contributed by atoms with van der Waals surface area (Å²) >= 11 is 6.16. The summed E-state index contributed by atoms with van der Waals surface area (Å²) in [7, 11) is 0. The highest BCUT2D eigenvalue weighted by molar-refractivity contribution is 6.32. The summed E-state index contributed by atoms with van der Waals surface area (Å²) in [5, 5.41) is 11.5. The van der Waals surface area contributed by atoms with E-state index in [9.17, 15) is 9.18 Å². The summed E-state index contributed by atoms with van der Waals surface area (Å²) in [6, 6.07) is 9.14. The van der Waals surface area contributed by atoms with E-state index in [4.69, 9.17) is 20.6 Å². The molecule has 0 saturated heterocycles. The average molecular weight is 386 g/mol. The lowest BCUT2D eigenvalue weighted by Gasteiger charge is -2.02. The number of carbonyl (C=O) groups is 1. The molecule has 0 unspecified atom stereocenters. The second-order valence-electron chi connectivity index (χ2n) is 6.08. The molecule has 0 fully saturated rings. The molecule has 27 heavy (non-hydrogen) atoms. The van der Waals surface area contributed by atoms with Crippen molar-refractivity contribution in [3.05, 3.63) is 64.1 Å². The van der Waals surface area contributed by atoms with E-state index in [0.717, 1.165) is 10.9 Å². The monoisotopic (exact) mass is 385 g/mol. The highest BCUT2D eigenvalue weighted by atomic mass is 35.5. The van der Waals surface area contributed by atoms with Gasteiger partial charge < -0.3 is 4.42 Å². The Morgan fingerprint density at radius 2 is 1.89 bits per heavy atom. The van der Waals surface area contributed by atoms with Crippen molar-refractivity contribution in [1.29, 1.82) is 0 Å². The normalized spacial score (nSPS) is 11.1. The number of hydrogen-bond acceptors (Lipinski definition) is 5. The minimum Gasteiger partial charge on any atom is -0.451 e. The standard InChI is InChI=1S/C19H13ClFN3O3/c1-9-7-15-13(8-14(9)20)10(2)17(26-15)19(25)22-18-16(23-27-24-18)11-3-5-12(21)6-4-11/h3-8H,1-2H3,(H,22,24,25). The van der Waals surface area contributed by atoms with Gasteiger partial charge in [0.15, 0.2) is 11.5 Å². The molecule has 0 aliphatic carbocycles. The zero-order valence-electron chi connectivity index (χ0n) is 14.3. The molecular formula is C19H13ClFN3O3. The molecule has 0 aliphatic rings. The van der Waals surface area contributed by atoms with E-state index in [-0.39, 0.29) is 23.1 Å². The van der Waals surface area contributed by atoms with Crippen LogP contribution in [0.25, 0.3) is 22.2 Å². The van der Waals surface area contributed by atoms with Gasteiger partial charge in [0.2, 0.25) is 5.82 Å². The number of nitrogens with one attached hydrogen (secondary N) is 1. The highest BCUT2D eigenvalue weighted by Gasteiger charge is 2.22. The summed E-state index contributed by atoms with van der Waals surface area (Å²) in [5.74, 6) is -0.635. The van der Waals surface area contributed by atoms with Crippen molar-refractivity contribution >= 4 is 34.3 Å². The number of nitrogens with zero attached hydrogens (tertiary/aromatic N) is 2. The Balaban J connectivity index is 1.68. The lowest BCUT2D eigenvalue weighted by Crippen LogP contribution is -2.13. The molecule has 0 spiro atoms. The summed E-state index contributed by atoms with van der Waals surface area (Å²) in [6.07, 6.45) is 0. The molecule has 6 nitrogen and oxygen atoms in total. The first-order valence-electron chi connectivity index (χ1n) is 8.03. The Hall–Kier alpha value is -3.19. The number of carbonyl (C=O) groups excluding carboxylic acids is 1. The van der Waals surface area contributed by atoms with E-state index < -0.39 is 5.91 Å². The molecule has 0 atom stereocenters. The van der Waals surface area contributed by atoms with Crippen LogP contribution in [0.3, 0.4) is 0 Å². The third kappa shape index (κ3) is 3.06. The maximum absolute atomic E-state index is 13.1. The van der Waals surface area contributed by atoms with Crippen LogP contribution in [0.1, 0.15) is 21.7 Å². The molecular weight excluding hydrogens is 373 g/mol. The predicted molar refractivity (Wildman–Crippen MR) is 98.3 cm³/mol. The van der Waals surface area contributed by atoms with Gasteiger partial charge in [-0.25, -0.2) is 9.02 Å². The molecule has 2 aromatic heterocycles. The molecule has 4 aromatic rings. The molecule has 2 heterocycles. The molecule has 8 heteroatoms. The molecule has 0 radical (unpaired) electrons. The number of rotatable bonds is 3. The van der Waals surface area contributed by atoms with Gasteiger partial charge in [0.25, 0.3) is 5.91 Å². The van der Waals surface area contributed by atoms with Crippen LogP contribution in [0.2, 0.25) is 5.02 Å². The fraction of sp³-hybridized carbons (Fsp3) is 0.105.